The second kappa shape index (κ2) is 9.91. The molecule has 5 rings (SSSR count). The number of piperazine rings is 1. The summed E-state index contributed by atoms with van der Waals surface area (Å²) in [6, 6.07) is 14.3. The summed E-state index contributed by atoms with van der Waals surface area (Å²) in [6.07, 6.45) is 0.266. The number of hydrogen-bond donors (Lipinski definition) is 1. The molecule has 0 atom stereocenters. The summed E-state index contributed by atoms with van der Waals surface area (Å²) in [7, 11) is 2.18. The van der Waals surface area contributed by atoms with Gasteiger partial charge in [0.05, 0.1) is 12.1 Å². The molecule has 0 bridgehead atoms. The molecule has 0 aliphatic carbocycles. The lowest BCUT2D eigenvalue weighted by molar-refractivity contribution is -0.120. The topological polar surface area (TPSA) is 66.9 Å². The molecule has 0 radical (unpaired) electrons. The van der Waals surface area contributed by atoms with Crippen LogP contribution in [0.2, 0.25) is 0 Å². The number of carbonyl (C=O) groups excluding carboxylic acids is 1. The lowest BCUT2D eigenvalue weighted by Crippen LogP contribution is -2.43. The number of rotatable bonds is 7. The molecule has 2 aromatic carbocycles. The van der Waals surface area contributed by atoms with E-state index in [1.807, 2.05) is 23.6 Å². The van der Waals surface area contributed by atoms with Gasteiger partial charge >= 0.3 is 0 Å². The van der Waals surface area contributed by atoms with Crippen LogP contribution in [-0.2, 0) is 24.3 Å². The zero-order chi connectivity index (χ0) is 22.6. The maximum Gasteiger partial charge on any atom is 0.231 e. The first kappa shape index (κ1) is 21.9. The Balaban J connectivity index is 1.12. The highest BCUT2D eigenvalue weighted by molar-refractivity contribution is 7.13. The van der Waals surface area contributed by atoms with E-state index < -0.39 is 0 Å². The van der Waals surface area contributed by atoms with Crippen molar-refractivity contribution in [2.24, 2.45) is 0 Å². The molecule has 3 heterocycles. The molecule has 1 saturated heterocycles. The van der Waals surface area contributed by atoms with Gasteiger partial charge in [0.2, 0.25) is 12.7 Å². The molecule has 7 nitrogen and oxygen atoms in total. The monoisotopic (exact) mass is 464 g/mol. The van der Waals surface area contributed by atoms with E-state index in [1.54, 1.807) is 11.3 Å². The molecule has 0 spiro atoms. The second-order valence-corrected chi connectivity index (χ2v) is 9.42. The number of amides is 1. The number of hydrogen-bond acceptors (Lipinski definition) is 7. The number of nitrogens with zero attached hydrogens (tertiary/aromatic N) is 3. The molecule has 8 heteroatoms. The maximum absolute atomic E-state index is 12.4. The molecule has 1 N–H and O–H groups in total. The highest BCUT2D eigenvalue weighted by Gasteiger charge is 2.15. The number of nitrogens with one attached hydrogen (secondary N) is 1. The Hall–Kier alpha value is -2.94. The summed E-state index contributed by atoms with van der Waals surface area (Å²) in [6.45, 7) is 6.17. The Morgan fingerprint density at radius 1 is 1.03 bits per heavy atom. The molecule has 3 aromatic rings. The molecule has 0 saturated carbocycles. The van der Waals surface area contributed by atoms with Gasteiger partial charge in [-0.15, -0.1) is 11.3 Å². The first-order valence-electron chi connectivity index (χ1n) is 11.2. The molecule has 0 unspecified atom stereocenters. The molecule has 2 aliphatic rings. The van der Waals surface area contributed by atoms with Crippen molar-refractivity contribution < 1.29 is 14.3 Å². The standard InChI is InChI=1S/C25H28N4O3S/c1-28-8-10-29(11-9-28)15-18-2-5-20(6-3-18)25-27-21(16-33-25)13-24(30)26-14-19-4-7-22-23(12-19)32-17-31-22/h2-7,12,16H,8-11,13-15,17H2,1H3,(H,26,30). The van der Waals surface area contributed by atoms with E-state index in [0.717, 1.165) is 66.1 Å². The lowest BCUT2D eigenvalue weighted by Gasteiger charge is -2.32. The smallest absolute Gasteiger partial charge is 0.231 e. The number of thiazole rings is 1. The van der Waals surface area contributed by atoms with Gasteiger partial charge in [-0.05, 0) is 30.3 Å². The highest BCUT2D eigenvalue weighted by Crippen LogP contribution is 2.32. The summed E-state index contributed by atoms with van der Waals surface area (Å²) in [4.78, 5) is 22.0. The van der Waals surface area contributed by atoms with E-state index in [2.05, 4.69) is 51.4 Å². The minimum Gasteiger partial charge on any atom is -0.454 e. The fourth-order valence-corrected chi connectivity index (χ4v) is 4.84. The van der Waals surface area contributed by atoms with E-state index in [9.17, 15) is 4.79 Å². The number of fused-ring (bicyclic) bond motifs is 1. The fourth-order valence-electron chi connectivity index (χ4n) is 4.02. The Morgan fingerprint density at radius 2 is 1.79 bits per heavy atom. The first-order valence-corrected chi connectivity index (χ1v) is 12.1. The van der Waals surface area contributed by atoms with Crippen molar-refractivity contribution >= 4 is 17.2 Å². The van der Waals surface area contributed by atoms with E-state index >= 15 is 0 Å². The minimum absolute atomic E-state index is 0.0490. The predicted octanol–water partition coefficient (Wildman–Crippen LogP) is 3.15. The molecule has 1 amide bonds. The van der Waals surface area contributed by atoms with Crippen LogP contribution in [0, 0.1) is 0 Å². The first-order chi connectivity index (χ1) is 16.1. The van der Waals surface area contributed by atoms with Crippen molar-refractivity contribution in [3.63, 3.8) is 0 Å². The number of aromatic nitrogens is 1. The van der Waals surface area contributed by atoms with Gasteiger partial charge in [0.1, 0.15) is 5.01 Å². The Morgan fingerprint density at radius 3 is 2.61 bits per heavy atom. The van der Waals surface area contributed by atoms with Crippen LogP contribution in [0.25, 0.3) is 10.6 Å². The van der Waals surface area contributed by atoms with Crippen LogP contribution in [-0.4, -0.2) is 60.7 Å². The molecule has 1 fully saturated rings. The van der Waals surface area contributed by atoms with Crippen LogP contribution in [0.3, 0.4) is 0 Å². The van der Waals surface area contributed by atoms with Crippen molar-refractivity contribution in [2.75, 3.05) is 40.0 Å². The van der Waals surface area contributed by atoms with E-state index in [1.165, 1.54) is 5.56 Å². The van der Waals surface area contributed by atoms with Gasteiger partial charge in [-0.1, -0.05) is 30.3 Å². The van der Waals surface area contributed by atoms with Gasteiger partial charge in [0, 0.05) is 50.2 Å². The number of likely N-dealkylation sites (N-methyl/N-ethyl adjacent to an activating group) is 1. The summed E-state index contributed by atoms with van der Waals surface area (Å²) < 4.78 is 10.7. The van der Waals surface area contributed by atoms with E-state index in [0.29, 0.717) is 6.54 Å². The molecule has 172 valence electrons. The quantitative estimate of drug-likeness (QED) is 0.580. The van der Waals surface area contributed by atoms with Gasteiger partial charge in [-0.25, -0.2) is 4.98 Å². The van der Waals surface area contributed by atoms with Crippen LogP contribution in [0.5, 0.6) is 11.5 Å². The van der Waals surface area contributed by atoms with Gasteiger partial charge < -0.3 is 19.7 Å². The maximum atomic E-state index is 12.4. The molecule has 1 aromatic heterocycles. The summed E-state index contributed by atoms with van der Waals surface area (Å²) in [5, 5.41) is 5.87. The molecular formula is C25H28N4O3S. The summed E-state index contributed by atoms with van der Waals surface area (Å²) in [5.41, 5.74) is 4.18. The summed E-state index contributed by atoms with van der Waals surface area (Å²) >= 11 is 1.58. The van der Waals surface area contributed by atoms with Gasteiger partial charge in [0.15, 0.2) is 11.5 Å². The van der Waals surface area contributed by atoms with Crippen LogP contribution in [0.4, 0.5) is 0 Å². The minimum atomic E-state index is -0.0490. The number of benzene rings is 2. The van der Waals surface area contributed by atoms with Crippen molar-refractivity contribution in [1.82, 2.24) is 20.1 Å². The SMILES string of the molecule is CN1CCN(Cc2ccc(-c3nc(CC(=O)NCc4ccc5c(c4)OCO5)cs3)cc2)CC1. The largest absolute Gasteiger partial charge is 0.454 e. The third kappa shape index (κ3) is 5.52. The van der Waals surface area contributed by atoms with Gasteiger partial charge in [-0.2, -0.15) is 0 Å². The van der Waals surface area contributed by atoms with Crippen LogP contribution in [0.15, 0.2) is 47.8 Å². The molecular weight excluding hydrogens is 436 g/mol. The van der Waals surface area contributed by atoms with Crippen LogP contribution < -0.4 is 14.8 Å². The lowest BCUT2D eigenvalue weighted by atomic mass is 10.1. The third-order valence-electron chi connectivity index (χ3n) is 6.02. The van der Waals surface area contributed by atoms with Crippen LogP contribution >= 0.6 is 11.3 Å². The molecule has 2 aliphatic heterocycles. The number of ether oxygens (including phenoxy) is 2. The van der Waals surface area contributed by atoms with E-state index in [-0.39, 0.29) is 19.1 Å². The average molecular weight is 465 g/mol. The average Bonchev–Trinajstić information content (AvgIpc) is 3.49. The van der Waals surface area contributed by atoms with Crippen molar-refractivity contribution in [2.45, 2.75) is 19.5 Å². The fraction of sp³-hybridized carbons (Fsp3) is 0.360. The van der Waals surface area contributed by atoms with E-state index in [4.69, 9.17) is 9.47 Å². The Kier molecular flexibility index (Phi) is 6.57. The van der Waals surface area contributed by atoms with Crippen molar-refractivity contribution in [3.05, 3.63) is 64.7 Å². The normalized spacial score (nSPS) is 16.2. The van der Waals surface area contributed by atoms with Gasteiger partial charge in [-0.3, -0.25) is 9.69 Å². The molecule has 33 heavy (non-hydrogen) atoms. The van der Waals surface area contributed by atoms with Crippen LogP contribution in [0.1, 0.15) is 16.8 Å². The second-order valence-electron chi connectivity index (χ2n) is 8.56. The number of carbonyl (C=O) groups is 1. The van der Waals surface area contributed by atoms with Crippen molar-refractivity contribution in [1.29, 1.82) is 0 Å². The Labute approximate surface area is 198 Å². The highest BCUT2D eigenvalue weighted by atomic mass is 32.1. The predicted molar refractivity (Wildman–Crippen MR) is 128 cm³/mol. The van der Waals surface area contributed by atoms with Crippen molar-refractivity contribution in [3.8, 4) is 22.1 Å². The third-order valence-corrected chi connectivity index (χ3v) is 6.96. The van der Waals surface area contributed by atoms with Gasteiger partial charge in [0.25, 0.3) is 0 Å². The Bertz CT molecular complexity index is 1110. The zero-order valence-electron chi connectivity index (χ0n) is 18.8. The zero-order valence-corrected chi connectivity index (χ0v) is 19.6. The summed E-state index contributed by atoms with van der Waals surface area (Å²) in [5.74, 6) is 1.42.